The first-order valence-corrected chi connectivity index (χ1v) is 2.44. The van der Waals surface area contributed by atoms with Gasteiger partial charge in [0, 0.05) is 6.20 Å². The van der Waals surface area contributed by atoms with Gasteiger partial charge in [-0.3, -0.25) is 0 Å². The van der Waals surface area contributed by atoms with E-state index in [0.29, 0.717) is 5.15 Å². The summed E-state index contributed by atoms with van der Waals surface area (Å²) in [6.07, 6.45) is 2.75. The van der Waals surface area contributed by atoms with Crippen molar-refractivity contribution in [1.82, 2.24) is 9.55 Å². The van der Waals surface area contributed by atoms with Gasteiger partial charge in [-0.1, -0.05) is 11.6 Å². The Morgan fingerprint density at radius 2 is 2.62 bits per heavy atom. The van der Waals surface area contributed by atoms with Crippen molar-refractivity contribution in [1.29, 1.82) is 0 Å². The van der Waals surface area contributed by atoms with Gasteiger partial charge in [0.25, 0.3) is 0 Å². The summed E-state index contributed by atoms with van der Waals surface area (Å²) in [6, 6.07) is 0. The predicted octanol–water partition coefficient (Wildman–Crippen LogP) is 1.46. The second-order valence-electron chi connectivity index (χ2n) is 1.33. The summed E-state index contributed by atoms with van der Waals surface area (Å²) in [5.74, 6) is 0. The molecule has 0 aromatic carbocycles. The van der Waals surface area contributed by atoms with Crippen molar-refractivity contribution in [2.75, 3.05) is 0 Å². The zero-order valence-electron chi connectivity index (χ0n) is 4.01. The monoisotopic (exact) mass is 134 g/mol. The molecule has 0 radical (unpaired) electrons. The van der Waals surface area contributed by atoms with E-state index in [4.69, 9.17) is 11.6 Å². The third-order valence-electron chi connectivity index (χ3n) is 0.740. The fourth-order valence-corrected chi connectivity index (χ4v) is 0.567. The maximum atomic E-state index is 11.6. The third kappa shape index (κ3) is 0.980. The Balaban J connectivity index is 2.84. The molecule has 1 heterocycles. The van der Waals surface area contributed by atoms with Gasteiger partial charge in [0.1, 0.15) is 5.15 Å². The number of alkyl halides is 1. The van der Waals surface area contributed by atoms with Crippen molar-refractivity contribution in [3.05, 3.63) is 17.7 Å². The van der Waals surface area contributed by atoms with Crippen LogP contribution in [0.1, 0.15) is 0 Å². The molecule has 1 aromatic rings. The minimum absolute atomic E-state index is 0.322. The van der Waals surface area contributed by atoms with Gasteiger partial charge in [-0.2, -0.15) is 0 Å². The van der Waals surface area contributed by atoms with Crippen molar-refractivity contribution in [2.45, 2.75) is 6.80 Å². The van der Waals surface area contributed by atoms with Crippen molar-refractivity contribution in [2.24, 2.45) is 0 Å². The molecule has 1 rings (SSSR count). The van der Waals surface area contributed by atoms with Gasteiger partial charge in [0.2, 0.25) is 0 Å². The van der Waals surface area contributed by atoms with Gasteiger partial charge in [-0.15, -0.1) is 0 Å². The SMILES string of the molecule is FCn1cnc(Cl)c1. The maximum Gasteiger partial charge on any atom is 0.166 e. The first kappa shape index (κ1) is 5.56. The smallest absolute Gasteiger partial charge is 0.166 e. The van der Waals surface area contributed by atoms with Crippen molar-refractivity contribution in [3.8, 4) is 0 Å². The van der Waals surface area contributed by atoms with Crippen LogP contribution in [0.15, 0.2) is 12.5 Å². The summed E-state index contributed by atoms with van der Waals surface area (Å²) in [5.41, 5.74) is 0. The molecule has 8 heavy (non-hydrogen) atoms. The minimum Gasteiger partial charge on any atom is -0.307 e. The number of hydrogen-bond donors (Lipinski definition) is 0. The summed E-state index contributed by atoms with van der Waals surface area (Å²) in [5, 5.41) is 0.322. The van der Waals surface area contributed by atoms with Gasteiger partial charge in [-0.25, -0.2) is 9.37 Å². The summed E-state index contributed by atoms with van der Waals surface area (Å²) < 4.78 is 12.9. The molecule has 0 amide bonds. The van der Waals surface area contributed by atoms with Gasteiger partial charge < -0.3 is 4.57 Å². The quantitative estimate of drug-likeness (QED) is 0.569. The largest absolute Gasteiger partial charge is 0.307 e. The molecule has 0 aliphatic rings. The highest BCUT2D eigenvalue weighted by molar-refractivity contribution is 6.29. The molecule has 0 saturated heterocycles. The molecule has 0 unspecified atom stereocenters. The van der Waals surface area contributed by atoms with Crippen molar-refractivity contribution >= 4 is 11.6 Å². The van der Waals surface area contributed by atoms with E-state index in [9.17, 15) is 4.39 Å². The number of halogens is 2. The molecule has 0 atom stereocenters. The molecule has 0 fully saturated rings. The number of imidazole rings is 1. The highest BCUT2D eigenvalue weighted by Crippen LogP contribution is 2.01. The molecule has 2 nitrogen and oxygen atoms in total. The Labute approximate surface area is 50.9 Å². The first-order chi connectivity index (χ1) is 3.83. The van der Waals surface area contributed by atoms with Crippen LogP contribution in [0.3, 0.4) is 0 Å². The first-order valence-electron chi connectivity index (χ1n) is 2.06. The van der Waals surface area contributed by atoms with Crippen molar-refractivity contribution < 1.29 is 4.39 Å². The van der Waals surface area contributed by atoms with E-state index in [0.717, 1.165) is 0 Å². The molecule has 1 aromatic heterocycles. The van der Waals surface area contributed by atoms with E-state index in [-0.39, 0.29) is 0 Å². The predicted molar refractivity (Wildman–Crippen MR) is 28.3 cm³/mol. The fraction of sp³-hybridized carbons (Fsp3) is 0.250. The average Bonchev–Trinajstić information content (AvgIpc) is 2.14. The standard InChI is InChI=1S/C4H4ClFN2/c5-4-1-8(2-6)3-7-4/h1,3H,2H2. The van der Waals surface area contributed by atoms with Crippen molar-refractivity contribution in [3.63, 3.8) is 0 Å². The highest BCUT2D eigenvalue weighted by atomic mass is 35.5. The van der Waals surface area contributed by atoms with Gasteiger partial charge in [-0.05, 0) is 0 Å². The topological polar surface area (TPSA) is 17.8 Å². The second-order valence-corrected chi connectivity index (χ2v) is 1.72. The molecule has 0 spiro atoms. The molecule has 4 heteroatoms. The van der Waals surface area contributed by atoms with Crippen LogP contribution in [-0.4, -0.2) is 9.55 Å². The van der Waals surface area contributed by atoms with Crippen LogP contribution in [0.5, 0.6) is 0 Å². The van der Waals surface area contributed by atoms with Crippen LogP contribution in [0, 0.1) is 0 Å². The molecule has 0 aliphatic carbocycles. The molecule has 0 aliphatic heterocycles. The highest BCUT2D eigenvalue weighted by Gasteiger charge is 1.89. The van der Waals surface area contributed by atoms with Gasteiger partial charge in [0.05, 0.1) is 6.33 Å². The molecule has 0 saturated carbocycles. The zero-order valence-corrected chi connectivity index (χ0v) is 4.77. The molecular formula is C4H4ClFN2. The Morgan fingerprint density at radius 3 is 2.88 bits per heavy atom. The molecule has 0 bridgehead atoms. The van der Waals surface area contributed by atoms with Crippen LogP contribution in [0.2, 0.25) is 5.15 Å². The lowest BCUT2D eigenvalue weighted by Crippen LogP contribution is -1.84. The summed E-state index contributed by atoms with van der Waals surface area (Å²) in [6.45, 7) is -0.570. The van der Waals surface area contributed by atoms with Crippen LogP contribution in [0.25, 0.3) is 0 Å². The Morgan fingerprint density at radius 1 is 1.88 bits per heavy atom. The maximum absolute atomic E-state index is 11.6. The number of hydrogen-bond acceptors (Lipinski definition) is 1. The molecule has 44 valence electrons. The zero-order chi connectivity index (χ0) is 5.98. The summed E-state index contributed by atoms with van der Waals surface area (Å²) in [7, 11) is 0. The number of rotatable bonds is 1. The van der Waals surface area contributed by atoms with Crippen LogP contribution >= 0.6 is 11.6 Å². The van der Waals surface area contributed by atoms with Gasteiger partial charge >= 0.3 is 0 Å². The van der Waals surface area contributed by atoms with E-state index in [1.165, 1.54) is 17.1 Å². The van der Waals surface area contributed by atoms with Crippen LogP contribution in [-0.2, 0) is 6.80 Å². The molecular weight excluding hydrogens is 131 g/mol. The molecule has 0 N–H and O–H groups in total. The van der Waals surface area contributed by atoms with E-state index in [2.05, 4.69) is 4.98 Å². The number of aromatic nitrogens is 2. The normalized spacial score (nSPS) is 9.75. The van der Waals surface area contributed by atoms with Crippen LogP contribution < -0.4 is 0 Å². The third-order valence-corrected chi connectivity index (χ3v) is 0.935. The average molecular weight is 135 g/mol. The Hall–Kier alpha value is -0.570. The number of nitrogens with zero attached hydrogens (tertiary/aromatic N) is 2. The van der Waals surface area contributed by atoms with E-state index in [1.54, 1.807) is 0 Å². The lowest BCUT2D eigenvalue weighted by Gasteiger charge is -1.84. The summed E-state index contributed by atoms with van der Waals surface area (Å²) >= 11 is 5.34. The Kier molecular flexibility index (Phi) is 1.48. The summed E-state index contributed by atoms with van der Waals surface area (Å²) in [4.78, 5) is 3.58. The van der Waals surface area contributed by atoms with Gasteiger partial charge in [0.15, 0.2) is 6.80 Å². The van der Waals surface area contributed by atoms with E-state index in [1.807, 2.05) is 0 Å². The lowest BCUT2D eigenvalue weighted by atomic mass is 10.9. The minimum atomic E-state index is -0.570. The van der Waals surface area contributed by atoms with E-state index >= 15 is 0 Å². The van der Waals surface area contributed by atoms with Crippen LogP contribution in [0.4, 0.5) is 4.39 Å². The Bertz CT molecular complexity index is 174. The van der Waals surface area contributed by atoms with E-state index < -0.39 is 6.80 Å². The fourth-order valence-electron chi connectivity index (χ4n) is 0.398. The lowest BCUT2D eigenvalue weighted by molar-refractivity contribution is 0.377. The second kappa shape index (κ2) is 2.13.